The SMILES string of the molecule is CCC1(CC)C(=O)N=C(CCl)NC1=O. The van der Waals surface area contributed by atoms with Crippen molar-refractivity contribution < 1.29 is 9.59 Å². The minimum atomic E-state index is -0.977. The molecule has 0 aromatic carbocycles. The van der Waals surface area contributed by atoms with E-state index in [0.717, 1.165) is 0 Å². The predicted molar refractivity (Wildman–Crippen MR) is 54.3 cm³/mol. The molecule has 4 nitrogen and oxygen atoms in total. The van der Waals surface area contributed by atoms with E-state index in [4.69, 9.17) is 11.6 Å². The molecule has 1 rings (SSSR count). The molecule has 1 aliphatic rings. The second-order valence-corrected chi connectivity index (χ2v) is 3.51. The molecule has 0 fully saturated rings. The molecule has 14 heavy (non-hydrogen) atoms. The number of nitrogens with zero attached hydrogens (tertiary/aromatic N) is 1. The van der Waals surface area contributed by atoms with E-state index in [-0.39, 0.29) is 23.5 Å². The minimum absolute atomic E-state index is 0.0565. The van der Waals surface area contributed by atoms with E-state index in [2.05, 4.69) is 10.3 Å². The summed E-state index contributed by atoms with van der Waals surface area (Å²) in [5.74, 6) is -0.347. The Hall–Kier alpha value is -0.900. The number of hydrogen-bond donors (Lipinski definition) is 1. The van der Waals surface area contributed by atoms with Gasteiger partial charge in [0, 0.05) is 0 Å². The lowest BCUT2D eigenvalue weighted by atomic mass is 9.79. The number of carbonyl (C=O) groups is 2. The number of nitrogens with one attached hydrogen (secondary N) is 1. The summed E-state index contributed by atoms with van der Waals surface area (Å²) >= 11 is 5.49. The summed E-state index contributed by atoms with van der Waals surface area (Å²) in [7, 11) is 0. The Labute approximate surface area is 87.7 Å². The van der Waals surface area contributed by atoms with Gasteiger partial charge in [-0.2, -0.15) is 4.99 Å². The Balaban J connectivity index is 3.07. The molecule has 0 saturated heterocycles. The maximum absolute atomic E-state index is 11.7. The van der Waals surface area contributed by atoms with E-state index in [1.807, 2.05) is 13.8 Å². The zero-order chi connectivity index (χ0) is 10.8. The quantitative estimate of drug-likeness (QED) is 0.567. The number of halogens is 1. The van der Waals surface area contributed by atoms with Gasteiger partial charge in [0.05, 0.1) is 5.88 Å². The highest BCUT2D eigenvalue weighted by atomic mass is 35.5. The lowest BCUT2D eigenvalue weighted by Crippen LogP contribution is -2.52. The number of amidine groups is 1. The number of aliphatic imine (C=N–C) groups is 1. The first-order valence-electron chi connectivity index (χ1n) is 4.60. The molecule has 0 aromatic rings. The summed E-state index contributed by atoms with van der Waals surface area (Å²) in [6, 6.07) is 0. The van der Waals surface area contributed by atoms with Crippen LogP contribution >= 0.6 is 11.6 Å². The second kappa shape index (κ2) is 4.09. The van der Waals surface area contributed by atoms with E-state index < -0.39 is 5.41 Å². The number of alkyl halides is 1. The summed E-state index contributed by atoms with van der Waals surface area (Å²) in [5.41, 5.74) is -0.977. The first kappa shape index (κ1) is 11.2. The van der Waals surface area contributed by atoms with Gasteiger partial charge in [0.25, 0.3) is 5.91 Å². The smallest absolute Gasteiger partial charge is 0.263 e. The molecule has 5 heteroatoms. The van der Waals surface area contributed by atoms with Crippen molar-refractivity contribution >= 4 is 29.3 Å². The first-order valence-corrected chi connectivity index (χ1v) is 5.13. The minimum Gasteiger partial charge on any atom is -0.312 e. The van der Waals surface area contributed by atoms with Gasteiger partial charge in [0.1, 0.15) is 11.3 Å². The highest BCUT2D eigenvalue weighted by molar-refractivity contribution is 6.32. The molecule has 0 aliphatic carbocycles. The molecule has 1 heterocycles. The predicted octanol–water partition coefficient (Wildman–Crippen LogP) is 1.09. The van der Waals surface area contributed by atoms with Gasteiger partial charge in [-0.25, -0.2) is 0 Å². The normalized spacial score (nSPS) is 20.4. The van der Waals surface area contributed by atoms with Gasteiger partial charge in [-0.05, 0) is 12.8 Å². The number of amides is 2. The van der Waals surface area contributed by atoms with Crippen molar-refractivity contribution in [3.05, 3.63) is 0 Å². The Morgan fingerprint density at radius 3 is 2.29 bits per heavy atom. The molecule has 0 radical (unpaired) electrons. The van der Waals surface area contributed by atoms with Crippen LogP contribution in [0.2, 0.25) is 0 Å². The Morgan fingerprint density at radius 2 is 1.93 bits per heavy atom. The number of carbonyl (C=O) groups excluding carboxylic acids is 2. The van der Waals surface area contributed by atoms with Crippen molar-refractivity contribution in [1.29, 1.82) is 0 Å². The Morgan fingerprint density at radius 1 is 1.36 bits per heavy atom. The third-order valence-electron chi connectivity index (χ3n) is 2.67. The van der Waals surface area contributed by atoms with Crippen LogP contribution in [-0.4, -0.2) is 23.5 Å². The molecule has 0 atom stereocenters. The summed E-state index contributed by atoms with van der Waals surface area (Å²) in [6.07, 6.45) is 0.931. The molecule has 1 aliphatic heterocycles. The topological polar surface area (TPSA) is 58.5 Å². The van der Waals surface area contributed by atoms with Crippen LogP contribution in [0.3, 0.4) is 0 Å². The van der Waals surface area contributed by atoms with E-state index in [9.17, 15) is 9.59 Å². The average Bonchev–Trinajstić information content (AvgIpc) is 2.18. The third-order valence-corrected chi connectivity index (χ3v) is 2.93. The zero-order valence-corrected chi connectivity index (χ0v) is 9.02. The molecule has 0 aromatic heterocycles. The van der Waals surface area contributed by atoms with Crippen molar-refractivity contribution in [3.63, 3.8) is 0 Å². The first-order chi connectivity index (χ1) is 6.60. The van der Waals surface area contributed by atoms with Crippen molar-refractivity contribution in [3.8, 4) is 0 Å². The summed E-state index contributed by atoms with van der Waals surface area (Å²) in [4.78, 5) is 27.1. The van der Waals surface area contributed by atoms with Crippen molar-refractivity contribution in [1.82, 2.24) is 5.32 Å². The molecule has 0 saturated carbocycles. The fourth-order valence-electron chi connectivity index (χ4n) is 1.54. The van der Waals surface area contributed by atoms with Crippen LogP contribution < -0.4 is 5.32 Å². The highest BCUT2D eigenvalue weighted by Gasteiger charge is 2.45. The zero-order valence-electron chi connectivity index (χ0n) is 8.26. The van der Waals surface area contributed by atoms with E-state index in [1.165, 1.54) is 0 Å². The Bertz CT molecular complexity index is 295. The summed E-state index contributed by atoms with van der Waals surface area (Å²) in [5, 5.41) is 2.55. The van der Waals surface area contributed by atoms with Crippen LogP contribution in [0.25, 0.3) is 0 Å². The van der Waals surface area contributed by atoms with Gasteiger partial charge in [0.15, 0.2) is 0 Å². The standard InChI is InChI=1S/C9H13ClN2O2/c1-3-9(4-2)7(13)11-6(5-10)12-8(9)14/h3-5H2,1-2H3,(H,11,12,13,14). The monoisotopic (exact) mass is 216 g/mol. The largest absolute Gasteiger partial charge is 0.312 e. The molecule has 0 unspecified atom stereocenters. The van der Waals surface area contributed by atoms with Crippen LogP contribution in [0.4, 0.5) is 0 Å². The van der Waals surface area contributed by atoms with Crippen LogP contribution in [-0.2, 0) is 9.59 Å². The molecule has 1 N–H and O–H groups in total. The summed E-state index contributed by atoms with van der Waals surface area (Å²) < 4.78 is 0. The van der Waals surface area contributed by atoms with Crippen molar-refractivity contribution in [2.45, 2.75) is 26.7 Å². The van der Waals surface area contributed by atoms with Crippen LogP contribution in [0.15, 0.2) is 4.99 Å². The van der Waals surface area contributed by atoms with Crippen molar-refractivity contribution in [2.75, 3.05) is 5.88 Å². The third kappa shape index (κ3) is 1.54. The van der Waals surface area contributed by atoms with E-state index in [1.54, 1.807) is 0 Å². The highest BCUT2D eigenvalue weighted by Crippen LogP contribution is 2.30. The molecule has 0 spiro atoms. The van der Waals surface area contributed by atoms with E-state index >= 15 is 0 Å². The maximum Gasteiger partial charge on any atom is 0.263 e. The van der Waals surface area contributed by atoms with Gasteiger partial charge in [-0.15, -0.1) is 11.6 Å². The van der Waals surface area contributed by atoms with Gasteiger partial charge >= 0.3 is 0 Å². The molecule has 2 amide bonds. The molecular weight excluding hydrogens is 204 g/mol. The van der Waals surface area contributed by atoms with Gasteiger partial charge in [0.2, 0.25) is 5.91 Å². The van der Waals surface area contributed by atoms with E-state index in [0.29, 0.717) is 12.8 Å². The van der Waals surface area contributed by atoms with Crippen molar-refractivity contribution in [2.24, 2.45) is 10.4 Å². The molecule has 78 valence electrons. The lowest BCUT2D eigenvalue weighted by Gasteiger charge is -2.30. The average molecular weight is 217 g/mol. The fourth-order valence-corrected chi connectivity index (χ4v) is 1.67. The van der Waals surface area contributed by atoms with Crippen LogP contribution in [0, 0.1) is 5.41 Å². The second-order valence-electron chi connectivity index (χ2n) is 3.24. The van der Waals surface area contributed by atoms with Crippen LogP contribution in [0.5, 0.6) is 0 Å². The lowest BCUT2D eigenvalue weighted by molar-refractivity contribution is -0.142. The maximum atomic E-state index is 11.7. The van der Waals surface area contributed by atoms with Gasteiger partial charge in [-0.3, -0.25) is 9.59 Å². The molecular formula is C9H13ClN2O2. The van der Waals surface area contributed by atoms with Gasteiger partial charge < -0.3 is 5.32 Å². The molecule has 0 bridgehead atoms. The summed E-state index contributed by atoms with van der Waals surface area (Å²) in [6.45, 7) is 3.62. The Kier molecular flexibility index (Phi) is 3.26. The van der Waals surface area contributed by atoms with Crippen LogP contribution in [0.1, 0.15) is 26.7 Å². The number of hydrogen-bond acceptors (Lipinski definition) is 2. The fraction of sp³-hybridized carbons (Fsp3) is 0.667. The van der Waals surface area contributed by atoms with Gasteiger partial charge in [-0.1, -0.05) is 13.8 Å². The number of rotatable bonds is 3.